The van der Waals surface area contributed by atoms with E-state index in [-0.39, 0.29) is 0 Å². The largest absolute Gasteiger partial charge is 0.313 e. The van der Waals surface area contributed by atoms with Gasteiger partial charge in [0.05, 0.1) is 0 Å². The Hall–Kier alpha value is -0.860. The lowest BCUT2D eigenvalue weighted by atomic mass is 9.97. The van der Waals surface area contributed by atoms with E-state index in [9.17, 15) is 0 Å². The molecule has 0 spiro atoms. The lowest BCUT2D eigenvalue weighted by Crippen LogP contribution is -2.31. The van der Waals surface area contributed by atoms with Crippen LogP contribution in [-0.2, 0) is 6.54 Å². The molecule has 1 aliphatic carbocycles. The van der Waals surface area contributed by atoms with E-state index in [0.29, 0.717) is 6.04 Å². The molecule has 0 saturated heterocycles. The average Bonchev–Trinajstić information content (AvgIpc) is 3.22. The number of hydrogen-bond acceptors (Lipinski definition) is 2. The Morgan fingerprint density at radius 3 is 2.83 bits per heavy atom. The molecule has 18 heavy (non-hydrogen) atoms. The molecule has 0 radical (unpaired) electrons. The van der Waals surface area contributed by atoms with E-state index in [4.69, 9.17) is 0 Å². The van der Waals surface area contributed by atoms with E-state index in [1.807, 2.05) is 0 Å². The predicted octanol–water partition coefficient (Wildman–Crippen LogP) is 2.95. The summed E-state index contributed by atoms with van der Waals surface area (Å²) in [6, 6.07) is 9.61. The van der Waals surface area contributed by atoms with E-state index in [0.717, 1.165) is 19.0 Å². The molecule has 3 rings (SSSR count). The first-order valence-electron chi connectivity index (χ1n) is 7.41. The van der Waals surface area contributed by atoms with Crippen molar-refractivity contribution in [3.63, 3.8) is 0 Å². The molecule has 1 aromatic carbocycles. The highest BCUT2D eigenvalue weighted by atomic mass is 15.2. The second-order valence-electron chi connectivity index (χ2n) is 5.71. The van der Waals surface area contributed by atoms with E-state index < -0.39 is 0 Å². The smallest absolute Gasteiger partial charge is 0.0363 e. The summed E-state index contributed by atoms with van der Waals surface area (Å²) in [6.45, 7) is 6.96. The van der Waals surface area contributed by atoms with Gasteiger partial charge in [-0.25, -0.2) is 0 Å². The lowest BCUT2D eigenvalue weighted by Gasteiger charge is -2.31. The van der Waals surface area contributed by atoms with Crippen molar-refractivity contribution in [2.45, 2.75) is 38.8 Å². The van der Waals surface area contributed by atoms with Gasteiger partial charge in [-0.05, 0) is 49.4 Å². The molecule has 0 amide bonds. The van der Waals surface area contributed by atoms with Crippen LogP contribution in [0.5, 0.6) is 0 Å². The van der Waals surface area contributed by atoms with Gasteiger partial charge in [-0.15, -0.1) is 0 Å². The maximum absolute atomic E-state index is 3.55. The van der Waals surface area contributed by atoms with Gasteiger partial charge in [0.25, 0.3) is 0 Å². The molecule has 2 nitrogen and oxygen atoms in total. The molecule has 1 atom stereocenters. The van der Waals surface area contributed by atoms with Gasteiger partial charge in [-0.1, -0.05) is 31.2 Å². The summed E-state index contributed by atoms with van der Waals surface area (Å²) >= 11 is 0. The summed E-state index contributed by atoms with van der Waals surface area (Å²) in [6.07, 6.45) is 4.14. The summed E-state index contributed by atoms with van der Waals surface area (Å²) in [5, 5.41) is 3.55. The Labute approximate surface area is 110 Å². The van der Waals surface area contributed by atoms with Crippen molar-refractivity contribution in [2.75, 3.05) is 19.6 Å². The molecule has 1 aliphatic heterocycles. The molecule has 2 aliphatic rings. The zero-order chi connectivity index (χ0) is 12.4. The van der Waals surface area contributed by atoms with Gasteiger partial charge in [0.15, 0.2) is 0 Å². The fourth-order valence-corrected chi connectivity index (χ4v) is 3.13. The number of fused-ring (bicyclic) bond motifs is 1. The zero-order valence-corrected chi connectivity index (χ0v) is 11.4. The molecule has 2 heteroatoms. The molecule has 1 heterocycles. The highest BCUT2D eigenvalue weighted by Gasteiger charge is 2.29. The molecule has 98 valence electrons. The highest BCUT2D eigenvalue weighted by Crippen LogP contribution is 2.35. The van der Waals surface area contributed by atoms with E-state index >= 15 is 0 Å². The van der Waals surface area contributed by atoms with E-state index in [2.05, 4.69) is 41.4 Å². The summed E-state index contributed by atoms with van der Waals surface area (Å²) in [4.78, 5) is 2.70. The van der Waals surface area contributed by atoms with Crippen LogP contribution in [0.3, 0.4) is 0 Å². The van der Waals surface area contributed by atoms with Gasteiger partial charge in [-0.3, -0.25) is 4.90 Å². The Morgan fingerprint density at radius 1 is 1.22 bits per heavy atom. The van der Waals surface area contributed by atoms with Crippen molar-refractivity contribution >= 4 is 0 Å². The Kier molecular flexibility index (Phi) is 3.67. The van der Waals surface area contributed by atoms with Gasteiger partial charge >= 0.3 is 0 Å². The second-order valence-corrected chi connectivity index (χ2v) is 5.71. The van der Waals surface area contributed by atoms with Crippen LogP contribution >= 0.6 is 0 Å². The summed E-state index contributed by atoms with van der Waals surface area (Å²) in [5.41, 5.74) is 3.05. The zero-order valence-electron chi connectivity index (χ0n) is 11.4. The van der Waals surface area contributed by atoms with Gasteiger partial charge in [0, 0.05) is 19.1 Å². The van der Waals surface area contributed by atoms with Crippen LogP contribution < -0.4 is 5.32 Å². The molecule has 0 bridgehead atoms. The van der Waals surface area contributed by atoms with E-state index in [1.165, 1.54) is 37.9 Å². The molecule has 1 unspecified atom stereocenters. The standard InChI is InChI=1S/C16H24N2/c1-2-18(12-13-7-8-13)16-9-10-17-11-14-5-3-4-6-15(14)16/h3-6,13,16-17H,2,7-12H2,1H3. The summed E-state index contributed by atoms with van der Waals surface area (Å²) in [7, 11) is 0. The minimum absolute atomic E-state index is 0.627. The van der Waals surface area contributed by atoms with Crippen LogP contribution in [0, 0.1) is 5.92 Å². The van der Waals surface area contributed by atoms with Crippen molar-refractivity contribution < 1.29 is 0 Å². The average molecular weight is 244 g/mol. The van der Waals surface area contributed by atoms with Crippen LogP contribution in [0.25, 0.3) is 0 Å². The lowest BCUT2D eigenvalue weighted by molar-refractivity contribution is 0.191. The van der Waals surface area contributed by atoms with Crippen molar-refractivity contribution in [1.29, 1.82) is 0 Å². The fraction of sp³-hybridized carbons (Fsp3) is 0.625. The highest BCUT2D eigenvalue weighted by molar-refractivity contribution is 5.31. The number of benzene rings is 1. The Morgan fingerprint density at radius 2 is 2.06 bits per heavy atom. The van der Waals surface area contributed by atoms with Crippen molar-refractivity contribution in [3.05, 3.63) is 35.4 Å². The third-order valence-electron chi connectivity index (χ3n) is 4.36. The minimum Gasteiger partial charge on any atom is -0.313 e. The number of nitrogens with zero attached hydrogens (tertiary/aromatic N) is 1. The minimum atomic E-state index is 0.627. The fourth-order valence-electron chi connectivity index (χ4n) is 3.13. The van der Waals surface area contributed by atoms with Crippen molar-refractivity contribution in [2.24, 2.45) is 5.92 Å². The van der Waals surface area contributed by atoms with Gasteiger partial charge in [-0.2, -0.15) is 0 Å². The maximum atomic E-state index is 3.55. The Bertz CT molecular complexity index is 398. The van der Waals surface area contributed by atoms with Crippen LogP contribution in [0.1, 0.15) is 43.4 Å². The summed E-state index contributed by atoms with van der Waals surface area (Å²) < 4.78 is 0. The predicted molar refractivity (Wildman–Crippen MR) is 75.5 cm³/mol. The van der Waals surface area contributed by atoms with Crippen LogP contribution in [0.4, 0.5) is 0 Å². The molecular weight excluding hydrogens is 220 g/mol. The van der Waals surface area contributed by atoms with Gasteiger partial charge < -0.3 is 5.32 Å². The Balaban J connectivity index is 1.84. The van der Waals surface area contributed by atoms with Crippen molar-refractivity contribution in [1.82, 2.24) is 10.2 Å². The third kappa shape index (κ3) is 2.60. The molecule has 0 aromatic heterocycles. The SMILES string of the molecule is CCN(CC1CC1)C1CCNCc2ccccc21. The van der Waals surface area contributed by atoms with Gasteiger partial charge in [0.2, 0.25) is 0 Å². The second kappa shape index (κ2) is 5.41. The van der Waals surface area contributed by atoms with Crippen LogP contribution in [0.15, 0.2) is 24.3 Å². The topological polar surface area (TPSA) is 15.3 Å². The van der Waals surface area contributed by atoms with E-state index in [1.54, 1.807) is 5.56 Å². The maximum Gasteiger partial charge on any atom is 0.0363 e. The first kappa shape index (κ1) is 12.2. The third-order valence-corrected chi connectivity index (χ3v) is 4.36. The molecule has 1 fully saturated rings. The number of rotatable bonds is 4. The quantitative estimate of drug-likeness (QED) is 0.876. The monoisotopic (exact) mass is 244 g/mol. The van der Waals surface area contributed by atoms with Crippen LogP contribution in [0.2, 0.25) is 0 Å². The molecule has 1 saturated carbocycles. The molecular formula is C16H24N2. The van der Waals surface area contributed by atoms with Gasteiger partial charge in [0.1, 0.15) is 0 Å². The van der Waals surface area contributed by atoms with Crippen LogP contribution in [-0.4, -0.2) is 24.5 Å². The number of hydrogen-bond donors (Lipinski definition) is 1. The van der Waals surface area contributed by atoms with Crippen molar-refractivity contribution in [3.8, 4) is 0 Å². The normalized spacial score (nSPS) is 23.8. The first-order chi connectivity index (χ1) is 8.88. The molecule has 1 N–H and O–H groups in total. The molecule has 1 aromatic rings. The number of nitrogens with one attached hydrogen (secondary N) is 1. The summed E-state index contributed by atoms with van der Waals surface area (Å²) in [5.74, 6) is 0.980. The first-order valence-corrected chi connectivity index (χ1v) is 7.41.